The first-order chi connectivity index (χ1) is 13.1. The Balaban J connectivity index is 1.91. The van der Waals surface area contributed by atoms with Crippen molar-refractivity contribution in [3.05, 3.63) is 57.6 Å². The number of carboxylic acid groups (broad SMARTS) is 1. The molecule has 1 N–H and O–H groups in total. The highest BCUT2D eigenvalue weighted by Gasteiger charge is 2.29. The van der Waals surface area contributed by atoms with Gasteiger partial charge in [0.2, 0.25) is 0 Å². The first-order valence-electron chi connectivity index (χ1n) is 8.86. The molecule has 0 aliphatic carbocycles. The summed E-state index contributed by atoms with van der Waals surface area (Å²) in [6.07, 6.45) is -0.293. The summed E-state index contributed by atoms with van der Waals surface area (Å²) in [5.41, 5.74) is 0.504. The van der Waals surface area contributed by atoms with Gasteiger partial charge in [-0.2, -0.15) is 0 Å². The van der Waals surface area contributed by atoms with E-state index < -0.39 is 16.6 Å². The van der Waals surface area contributed by atoms with Gasteiger partial charge in [-0.3, -0.25) is 15.0 Å². The molecule has 0 unspecified atom stereocenters. The van der Waals surface area contributed by atoms with Gasteiger partial charge in [0.05, 0.1) is 23.6 Å². The minimum absolute atomic E-state index is 0.125. The molecule has 0 aromatic heterocycles. The van der Waals surface area contributed by atoms with E-state index in [4.69, 9.17) is 9.47 Å². The summed E-state index contributed by atoms with van der Waals surface area (Å²) in [5.74, 6) is 1.70. The number of nitro benzene ring substituents is 1. The number of hydrogen-bond acceptors (Lipinski definition) is 5. The van der Waals surface area contributed by atoms with E-state index in [0.717, 1.165) is 22.6 Å². The Morgan fingerprint density at radius 1 is 1.25 bits per heavy atom. The fraction of sp³-hybridized carbons (Fsp3) is 0.350. The van der Waals surface area contributed by atoms with Gasteiger partial charge < -0.3 is 14.6 Å². The Morgan fingerprint density at radius 3 is 2.57 bits per heavy atom. The van der Waals surface area contributed by atoms with Crippen LogP contribution in [0.1, 0.15) is 31.9 Å². The minimum Gasteiger partial charge on any atom is -0.493 e. The lowest BCUT2D eigenvalue weighted by atomic mass is 10.0. The summed E-state index contributed by atoms with van der Waals surface area (Å²) in [6, 6.07) is 9.86. The van der Waals surface area contributed by atoms with Gasteiger partial charge in [0.15, 0.2) is 0 Å². The lowest BCUT2D eigenvalue weighted by Gasteiger charge is -2.33. The molecule has 1 amide bonds. The molecule has 8 nitrogen and oxygen atoms in total. The van der Waals surface area contributed by atoms with Gasteiger partial charge in [0.1, 0.15) is 17.2 Å². The van der Waals surface area contributed by atoms with E-state index in [9.17, 15) is 20.0 Å². The van der Waals surface area contributed by atoms with Gasteiger partial charge in [-0.15, -0.1) is 0 Å². The average molecular weight is 386 g/mol. The van der Waals surface area contributed by atoms with Crippen LogP contribution in [-0.4, -0.2) is 33.2 Å². The number of carbonyl (C=O) groups is 1. The van der Waals surface area contributed by atoms with E-state index in [1.165, 1.54) is 18.2 Å². The van der Waals surface area contributed by atoms with E-state index in [-0.39, 0.29) is 17.8 Å². The second-order valence-electron chi connectivity index (χ2n) is 7.56. The van der Waals surface area contributed by atoms with Gasteiger partial charge in [-0.25, -0.2) is 4.79 Å². The van der Waals surface area contributed by atoms with Crippen LogP contribution < -0.4 is 9.47 Å². The third-order valence-corrected chi connectivity index (χ3v) is 4.52. The van der Waals surface area contributed by atoms with Crippen LogP contribution in [0.4, 0.5) is 10.5 Å². The van der Waals surface area contributed by atoms with Crippen LogP contribution in [0.15, 0.2) is 36.4 Å². The molecule has 1 heterocycles. The van der Waals surface area contributed by atoms with E-state index in [2.05, 4.69) is 0 Å². The van der Waals surface area contributed by atoms with Gasteiger partial charge in [-0.05, 0) is 44.5 Å². The molecule has 0 bridgehead atoms. The zero-order valence-electron chi connectivity index (χ0n) is 16.0. The number of rotatable bonds is 5. The fourth-order valence-electron chi connectivity index (χ4n) is 3.04. The maximum atomic E-state index is 11.6. The average Bonchev–Trinajstić information content (AvgIpc) is 3.06. The Kier molecular flexibility index (Phi) is 5.13. The number of amides is 1. The molecule has 148 valence electrons. The molecule has 0 saturated heterocycles. The molecule has 0 atom stereocenters. The number of nitrogens with zero attached hydrogens (tertiary/aromatic N) is 2. The van der Waals surface area contributed by atoms with E-state index >= 15 is 0 Å². The van der Waals surface area contributed by atoms with E-state index in [0.29, 0.717) is 18.1 Å². The number of hydrogen-bond donors (Lipinski definition) is 1. The van der Waals surface area contributed by atoms with Crippen molar-refractivity contribution in [3.63, 3.8) is 0 Å². The van der Waals surface area contributed by atoms with E-state index in [1.807, 2.05) is 12.1 Å². The molecular formula is C20H22N2O6. The summed E-state index contributed by atoms with van der Waals surface area (Å²) in [4.78, 5) is 23.7. The highest BCUT2D eigenvalue weighted by Crippen LogP contribution is 2.34. The molecule has 1 aliphatic heterocycles. The fourth-order valence-corrected chi connectivity index (χ4v) is 3.04. The zero-order valence-corrected chi connectivity index (χ0v) is 16.0. The predicted octanol–water partition coefficient (Wildman–Crippen LogP) is 4.60. The zero-order chi connectivity index (χ0) is 20.5. The monoisotopic (exact) mass is 386 g/mol. The molecule has 0 radical (unpaired) electrons. The van der Waals surface area contributed by atoms with Crippen molar-refractivity contribution >= 4 is 11.8 Å². The van der Waals surface area contributed by atoms with Crippen LogP contribution in [0, 0.1) is 10.1 Å². The standard InChI is InChI=1S/C20H22N2O6/c1-20(2,3)21(19(23)24)12-14-10-15(6-7-17(14)22(25)26)28-16-5-4-13-8-9-27-18(13)11-16/h4-7,10-11H,8-9,12H2,1-3H3,(H,23,24). The van der Waals surface area contributed by atoms with Gasteiger partial charge in [0, 0.05) is 24.1 Å². The molecule has 1 aliphatic rings. The number of fused-ring (bicyclic) bond motifs is 1. The molecule has 2 aromatic carbocycles. The molecule has 0 saturated carbocycles. The third kappa shape index (κ3) is 4.16. The van der Waals surface area contributed by atoms with Gasteiger partial charge >= 0.3 is 6.09 Å². The summed E-state index contributed by atoms with van der Waals surface area (Å²) in [5, 5.41) is 20.9. The molecule has 0 spiro atoms. The van der Waals surface area contributed by atoms with Crippen molar-refractivity contribution in [2.24, 2.45) is 0 Å². The second kappa shape index (κ2) is 7.38. The topological polar surface area (TPSA) is 102 Å². The van der Waals surface area contributed by atoms with E-state index in [1.54, 1.807) is 26.8 Å². The molecule has 0 fully saturated rings. The summed E-state index contributed by atoms with van der Waals surface area (Å²) in [7, 11) is 0. The summed E-state index contributed by atoms with van der Waals surface area (Å²) in [6.45, 7) is 5.71. The maximum Gasteiger partial charge on any atom is 0.408 e. The van der Waals surface area contributed by atoms with Gasteiger partial charge in [0.25, 0.3) is 5.69 Å². The first kappa shape index (κ1) is 19.5. The Bertz CT molecular complexity index is 919. The van der Waals surface area contributed by atoms with Crippen molar-refractivity contribution in [2.75, 3.05) is 6.61 Å². The predicted molar refractivity (Wildman–Crippen MR) is 102 cm³/mol. The smallest absolute Gasteiger partial charge is 0.408 e. The third-order valence-electron chi connectivity index (χ3n) is 4.52. The number of benzene rings is 2. The SMILES string of the molecule is CC(C)(C)N(Cc1cc(Oc2ccc3c(c2)OCC3)ccc1[N+](=O)[O-])C(=O)O. The molecule has 28 heavy (non-hydrogen) atoms. The lowest BCUT2D eigenvalue weighted by Crippen LogP contribution is -2.44. The van der Waals surface area contributed by atoms with Crippen LogP contribution in [0.3, 0.4) is 0 Å². The molecular weight excluding hydrogens is 364 g/mol. The summed E-state index contributed by atoms with van der Waals surface area (Å²) < 4.78 is 11.4. The number of nitro groups is 1. The minimum atomic E-state index is -1.15. The molecule has 2 aromatic rings. The van der Waals surface area contributed by atoms with Crippen LogP contribution in [0.5, 0.6) is 17.2 Å². The van der Waals surface area contributed by atoms with Crippen LogP contribution in [-0.2, 0) is 13.0 Å². The normalized spacial score (nSPS) is 12.8. The van der Waals surface area contributed by atoms with Crippen molar-refractivity contribution in [1.82, 2.24) is 4.90 Å². The second-order valence-corrected chi connectivity index (χ2v) is 7.56. The highest BCUT2D eigenvalue weighted by molar-refractivity contribution is 5.66. The van der Waals surface area contributed by atoms with Crippen molar-refractivity contribution in [1.29, 1.82) is 0 Å². The first-order valence-corrected chi connectivity index (χ1v) is 8.86. The Hall–Kier alpha value is -3.29. The molecule has 3 rings (SSSR count). The Labute approximate surface area is 162 Å². The quantitative estimate of drug-likeness (QED) is 0.595. The van der Waals surface area contributed by atoms with Gasteiger partial charge in [-0.1, -0.05) is 6.07 Å². The van der Waals surface area contributed by atoms with Crippen LogP contribution >= 0.6 is 0 Å². The van der Waals surface area contributed by atoms with Crippen LogP contribution in [0.2, 0.25) is 0 Å². The maximum absolute atomic E-state index is 11.6. The lowest BCUT2D eigenvalue weighted by molar-refractivity contribution is -0.385. The number of ether oxygens (including phenoxy) is 2. The Morgan fingerprint density at radius 2 is 1.93 bits per heavy atom. The van der Waals surface area contributed by atoms with Crippen molar-refractivity contribution in [3.8, 4) is 17.2 Å². The highest BCUT2D eigenvalue weighted by atomic mass is 16.6. The summed E-state index contributed by atoms with van der Waals surface area (Å²) >= 11 is 0. The molecule has 8 heteroatoms. The van der Waals surface area contributed by atoms with Crippen LogP contribution in [0.25, 0.3) is 0 Å². The van der Waals surface area contributed by atoms with Crippen molar-refractivity contribution in [2.45, 2.75) is 39.3 Å². The largest absolute Gasteiger partial charge is 0.493 e. The van der Waals surface area contributed by atoms with Crippen molar-refractivity contribution < 1.29 is 24.3 Å².